The Morgan fingerprint density at radius 2 is 1.24 bits per heavy atom. The molecule has 0 spiro atoms. The first-order valence-corrected chi connectivity index (χ1v) is 8.03. The molecule has 4 nitrogen and oxygen atoms in total. The molecule has 0 aromatic heterocycles. The predicted molar refractivity (Wildman–Crippen MR) is 82.5 cm³/mol. The standard InChI is InChI=1S/C16H33FO4/c1-6-9-18-13(2)11-20-15(4)16(5)21-12-14(3)19-10-7-8-17/h13-16H,6-12H2,1-5H3. The second-order valence-corrected chi connectivity index (χ2v) is 5.48. The lowest BCUT2D eigenvalue weighted by Crippen LogP contribution is -2.32. The van der Waals surface area contributed by atoms with E-state index in [9.17, 15) is 4.39 Å². The van der Waals surface area contributed by atoms with Gasteiger partial charge in [-0.05, 0) is 40.5 Å². The third-order valence-corrected chi connectivity index (χ3v) is 3.14. The molecule has 0 aromatic rings. The van der Waals surface area contributed by atoms with Crippen LogP contribution >= 0.6 is 0 Å². The minimum atomic E-state index is -0.340. The summed E-state index contributed by atoms with van der Waals surface area (Å²) in [5.41, 5.74) is 0. The zero-order chi connectivity index (χ0) is 16.1. The van der Waals surface area contributed by atoms with E-state index in [2.05, 4.69) is 6.92 Å². The monoisotopic (exact) mass is 308 g/mol. The molecule has 0 aromatic carbocycles. The molecule has 0 saturated carbocycles. The lowest BCUT2D eigenvalue weighted by Gasteiger charge is -2.24. The molecule has 0 saturated heterocycles. The summed E-state index contributed by atoms with van der Waals surface area (Å²) in [4.78, 5) is 0. The van der Waals surface area contributed by atoms with Gasteiger partial charge in [-0.3, -0.25) is 4.39 Å². The smallest absolute Gasteiger partial charge is 0.0916 e. The molecule has 21 heavy (non-hydrogen) atoms. The topological polar surface area (TPSA) is 36.9 Å². The Kier molecular flexibility index (Phi) is 13.3. The zero-order valence-corrected chi connectivity index (χ0v) is 14.3. The van der Waals surface area contributed by atoms with Gasteiger partial charge in [0.25, 0.3) is 0 Å². The molecule has 0 aliphatic heterocycles. The number of hydrogen-bond donors (Lipinski definition) is 0. The van der Waals surface area contributed by atoms with Crippen molar-refractivity contribution in [3.05, 3.63) is 0 Å². The minimum absolute atomic E-state index is 0.00396. The molecule has 0 heterocycles. The normalized spacial score (nSPS) is 17.4. The van der Waals surface area contributed by atoms with Crippen molar-refractivity contribution in [2.24, 2.45) is 0 Å². The number of ether oxygens (including phenoxy) is 4. The van der Waals surface area contributed by atoms with Gasteiger partial charge in [-0.15, -0.1) is 0 Å². The summed E-state index contributed by atoms with van der Waals surface area (Å²) < 4.78 is 34.4. The van der Waals surface area contributed by atoms with Gasteiger partial charge in [0.15, 0.2) is 0 Å². The first kappa shape index (κ1) is 20.8. The van der Waals surface area contributed by atoms with Crippen LogP contribution in [-0.4, -0.2) is 57.5 Å². The molecule has 0 aliphatic carbocycles. The first-order chi connectivity index (χ1) is 10.0. The van der Waals surface area contributed by atoms with Gasteiger partial charge in [0.2, 0.25) is 0 Å². The molecular weight excluding hydrogens is 275 g/mol. The Bertz CT molecular complexity index is 228. The van der Waals surface area contributed by atoms with Crippen molar-refractivity contribution >= 4 is 0 Å². The average molecular weight is 308 g/mol. The van der Waals surface area contributed by atoms with Crippen molar-refractivity contribution in [1.29, 1.82) is 0 Å². The van der Waals surface area contributed by atoms with Gasteiger partial charge in [0, 0.05) is 13.2 Å². The Labute approximate surface area is 129 Å². The fourth-order valence-electron chi connectivity index (χ4n) is 1.60. The average Bonchev–Trinajstić information content (AvgIpc) is 2.48. The molecule has 0 N–H and O–H groups in total. The van der Waals surface area contributed by atoms with Crippen LogP contribution in [0, 0.1) is 0 Å². The van der Waals surface area contributed by atoms with Crippen LogP contribution in [0.2, 0.25) is 0 Å². The van der Waals surface area contributed by atoms with Gasteiger partial charge >= 0.3 is 0 Å². The van der Waals surface area contributed by atoms with Crippen molar-refractivity contribution in [3.8, 4) is 0 Å². The Morgan fingerprint density at radius 3 is 1.67 bits per heavy atom. The second kappa shape index (κ2) is 13.4. The summed E-state index contributed by atoms with van der Waals surface area (Å²) in [5, 5.41) is 0. The van der Waals surface area contributed by atoms with E-state index in [1.807, 2.05) is 27.7 Å². The molecular formula is C16H33FO4. The van der Waals surface area contributed by atoms with Crippen molar-refractivity contribution in [3.63, 3.8) is 0 Å². The highest BCUT2D eigenvalue weighted by molar-refractivity contribution is 4.63. The van der Waals surface area contributed by atoms with Gasteiger partial charge < -0.3 is 18.9 Å². The van der Waals surface area contributed by atoms with E-state index in [4.69, 9.17) is 18.9 Å². The SMILES string of the molecule is CCCOC(C)COC(C)C(C)OCC(C)OCCCF. The molecule has 4 unspecified atom stereocenters. The van der Waals surface area contributed by atoms with Gasteiger partial charge in [0.1, 0.15) is 0 Å². The largest absolute Gasteiger partial charge is 0.376 e. The van der Waals surface area contributed by atoms with Crippen LogP contribution in [-0.2, 0) is 18.9 Å². The van der Waals surface area contributed by atoms with Crippen molar-refractivity contribution in [2.75, 3.05) is 33.1 Å². The molecule has 0 aliphatic rings. The van der Waals surface area contributed by atoms with Gasteiger partial charge in [-0.25, -0.2) is 0 Å². The van der Waals surface area contributed by atoms with E-state index < -0.39 is 0 Å². The molecule has 0 fully saturated rings. The van der Waals surface area contributed by atoms with Crippen LogP contribution in [0.25, 0.3) is 0 Å². The maximum absolute atomic E-state index is 12.0. The zero-order valence-electron chi connectivity index (χ0n) is 14.3. The summed E-state index contributed by atoms with van der Waals surface area (Å²) in [5.74, 6) is 0. The molecule has 0 amide bonds. The lowest BCUT2D eigenvalue weighted by atomic mass is 10.2. The van der Waals surface area contributed by atoms with Crippen LogP contribution in [0.15, 0.2) is 0 Å². The highest BCUT2D eigenvalue weighted by atomic mass is 19.1. The van der Waals surface area contributed by atoms with Crippen LogP contribution in [0.4, 0.5) is 4.39 Å². The third-order valence-electron chi connectivity index (χ3n) is 3.14. The Hall–Kier alpha value is -0.230. The van der Waals surface area contributed by atoms with E-state index in [1.54, 1.807) is 0 Å². The third kappa shape index (κ3) is 12.0. The van der Waals surface area contributed by atoms with Crippen LogP contribution in [0.5, 0.6) is 0 Å². The molecule has 4 atom stereocenters. The maximum Gasteiger partial charge on any atom is 0.0916 e. The summed E-state index contributed by atoms with van der Waals surface area (Å²) >= 11 is 0. The van der Waals surface area contributed by atoms with E-state index in [-0.39, 0.29) is 31.1 Å². The lowest BCUT2D eigenvalue weighted by molar-refractivity contribution is -0.104. The van der Waals surface area contributed by atoms with Crippen LogP contribution in [0.3, 0.4) is 0 Å². The quantitative estimate of drug-likeness (QED) is 0.461. The van der Waals surface area contributed by atoms with Crippen molar-refractivity contribution in [1.82, 2.24) is 0 Å². The summed E-state index contributed by atoms with van der Waals surface area (Å²) in [6.07, 6.45) is 1.50. The van der Waals surface area contributed by atoms with Crippen LogP contribution < -0.4 is 0 Å². The van der Waals surface area contributed by atoms with E-state index in [0.29, 0.717) is 26.2 Å². The predicted octanol–water partition coefficient (Wildman–Crippen LogP) is 3.38. The Balaban J connectivity index is 3.71. The highest BCUT2D eigenvalue weighted by Crippen LogP contribution is 2.07. The fraction of sp³-hybridized carbons (Fsp3) is 1.00. The van der Waals surface area contributed by atoms with Crippen LogP contribution in [0.1, 0.15) is 47.5 Å². The van der Waals surface area contributed by atoms with Gasteiger partial charge in [0.05, 0.1) is 44.3 Å². The summed E-state index contributed by atoms with van der Waals surface area (Å²) in [7, 11) is 0. The number of hydrogen-bond acceptors (Lipinski definition) is 4. The maximum atomic E-state index is 12.0. The van der Waals surface area contributed by atoms with Gasteiger partial charge in [-0.1, -0.05) is 6.92 Å². The van der Waals surface area contributed by atoms with E-state index >= 15 is 0 Å². The number of halogens is 1. The molecule has 128 valence electrons. The van der Waals surface area contributed by atoms with E-state index in [1.165, 1.54) is 0 Å². The van der Waals surface area contributed by atoms with Crippen molar-refractivity contribution < 1.29 is 23.3 Å². The molecule has 0 bridgehead atoms. The van der Waals surface area contributed by atoms with Gasteiger partial charge in [-0.2, -0.15) is 0 Å². The molecule has 0 radical (unpaired) electrons. The fourth-order valence-corrected chi connectivity index (χ4v) is 1.60. The summed E-state index contributed by atoms with van der Waals surface area (Å²) in [6.45, 7) is 11.9. The Morgan fingerprint density at radius 1 is 0.762 bits per heavy atom. The second-order valence-electron chi connectivity index (χ2n) is 5.48. The van der Waals surface area contributed by atoms with Crippen molar-refractivity contribution in [2.45, 2.75) is 71.9 Å². The first-order valence-electron chi connectivity index (χ1n) is 8.03. The minimum Gasteiger partial charge on any atom is -0.376 e. The summed E-state index contributed by atoms with van der Waals surface area (Å²) in [6, 6.07) is 0. The number of alkyl halides is 1. The molecule has 5 heteroatoms. The number of rotatable bonds is 14. The highest BCUT2D eigenvalue weighted by Gasteiger charge is 2.16. The van der Waals surface area contributed by atoms with E-state index in [0.717, 1.165) is 13.0 Å². The molecule has 0 rings (SSSR count).